The molecule has 0 amide bonds. The molecule has 0 aliphatic carbocycles. The molecule has 3 rings (SSSR count). The summed E-state index contributed by atoms with van der Waals surface area (Å²) < 4.78 is 26.8. The maximum absolute atomic E-state index is 12.3. The first-order valence-electron chi connectivity index (χ1n) is 7.37. The van der Waals surface area contributed by atoms with Gasteiger partial charge in [-0.2, -0.15) is 13.2 Å². The quantitative estimate of drug-likeness (QED) is 0.526. The molecule has 0 saturated heterocycles. The average molecular weight is 405 g/mol. The second-order valence-corrected chi connectivity index (χ2v) is 8.10. The highest BCUT2D eigenvalue weighted by atomic mass is 32.2. The number of sulfonamides is 1. The molecule has 0 unspecified atom stereocenters. The first-order chi connectivity index (χ1) is 12.7. The van der Waals surface area contributed by atoms with Crippen LogP contribution in [0.2, 0.25) is 0 Å². The zero-order chi connectivity index (χ0) is 19.8. The number of hydrogen-bond acceptors (Lipinski definition) is 8. The molecule has 0 aliphatic rings. The monoisotopic (exact) mass is 405 g/mol. The Kier molecular flexibility index (Phi) is 4.72. The fourth-order valence-corrected chi connectivity index (χ4v) is 4.17. The molecule has 2 aromatic carbocycles. The maximum atomic E-state index is 12.3. The fourth-order valence-electron chi connectivity index (χ4n) is 2.29. The van der Waals surface area contributed by atoms with Crippen molar-refractivity contribution >= 4 is 43.5 Å². The molecule has 1 heterocycles. The van der Waals surface area contributed by atoms with E-state index in [9.17, 15) is 28.2 Å². The van der Waals surface area contributed by atoms with Crippen LogP contribution in [0.3, 0.4) is 0 Å². The molecule has 27 heavy (non-hydrogen) atoms. The summed E-state index contributed by atoms with van der Waals surface area (Å²) in [6.45, 7) is 0. The number of carboxylic acid groups (broad SMARTS) is 2. The highest BCUT2D eigenvalue weighted by Gasteiger charge is 2.13. The molecule has 0 bridgehead atoms. The number of carboxylic acids is 2. The molecule has 9 nitrogen and oxygen atoms in total. The minimum atomic E-state index is -4.02. The third kappa shape index (κ3) is 3.68. The standard InChI is InChI=1S/C16H13N3O6S2/c1-19-12-7-4-10(15(22)23)8-13(12)26-16(19)17-18-27(24,25)11-5-2-9(3-6-11)14(20)21/h2-8,18H,1H3,(H,20,21)(H,22,23)/p-2. The number of rotatable bonds is 5. The van der Waals surface area contributed by atoms with Crippen molar-refractivity contribution in [3.05, 3.63) is 58.4 Å². The summed E-state index contributed by atoms with van der Waals surface area (Å²) in [7, 11) is -2.37. The van der Waals surface area contributed by atoms with Gasteiger partial charge in [-0.15, -0.1) is 5.10 Å². The highest BCUT2D eigenvalue weighted by molar-refractivity contribution is 7.89. The van der Waals surface area contributed by atoms with Crippen molar-refractivity contribution in [2.45, 2.75) is 4.90 Å². The maximum Gasteiger partial charge on any atom is 0.276 e. The van der Waals surface area contributed by atoms with E-state index in [-0.39, 0.29) is 20.8 Å². The summed E-state index contributed by atoms with van der Waals surface area (Å²) >= 11 is 1.09. The second-order valence-electron chi connectivity index (χ2n) is 5.43. The third-order valence-electron chi connectivity index (χ3n) is 3.71. The van der Waals surface area contributed by atoms with Crippen LogP contribution in [-0.4, -0.2) is 24.9 Å². The molecule has 0 fully saturated rings. The van der Waals surface area contributed by atoms with Crippen LogP contribution in [0.5, 0.6) is 0 Å². The van der Waals surface area contributed by atoms with Gasteiger partial charge in [0.05, 0.1) is 27.1 Å². The Hall–Kier alpha value is -3.18. The van der Waals surface area contributed by atoms with Gasteiger partial charge in [0.25, 0.3) is 10.0 Å². The first kappa shape index (κ1) is 18.6. The van der Waals surface area contributed by atoms with Crippen LogP contribution in [0.25, 0.3) is 10.2 Å². The largest absolute Gasteiger partial charge is 0.545 e. The Morgan fingerprint density at radius 1 is 1.04 bits per heavy atom. The van der Waals surface area contributed by atoms with Crippen LogP contribution >= 0.6 is 11.3 Å². The van der Waals surface area contributed by atoms with Crippen LogP contribution < -0.4 is 19.8 Å². The molecule has 1 aromatic heterocycles. The Morgan fingerprint density at radius 2 is 1.63 bits per heavy atom. The van der Waals surface area contributed by atoms with Gasteiger partial charge in [-0.1, -0.05) is 29.5 Å². The van der Waals surface area contributed by atoms with Gasteiger partial charge in [-0.3, -0.25) is 0 Å². The van der Waals surface area contributed by atoms with E-state index in [0.29, 0.717) is 10.2 Å². The molecule has 3 aromatic rings. The van der Waals surface area contributed by atoms with E-state index in [2.05, 4.69) is 9.93 Å². The van der Waals surface area contributed by atoms with Gasteiger partial charge in [-0.25, -0.2) is 0 Å². The van der Waals surface area contributed by atoms with Gasteiger partial charge in [0, 0.05) is 7.05 Å². The summed E-state index contributed by atoms with van der Waals surface area (Å²) in [4.78, 5) is 23.9. The van der Waals surface area contributed by atoms with Crippen molar-refractivity contribution < 1.29 is 28.2 Å². The predicted octanol–water partition coefficient (Wildman–Crippen LogP) is -1.24. The second kappa shape index (κ2) is 6.85. The summed E-state index contributed by atoms with van der Waals surface area (Å²) in [5, 5.41) is 25.5. The smallest absolute Gasteiger partial charge is 0.276 e. The first-order valence-corrected chi connectivity index (χ1v) is 9.67. The lowest BCUT2D eigenvalue weighted by Gasteiger charge is -2.05. The van der Waals surface area contributed by atoms with E-state index in [4.69, 9.17) is 0 Å². The van der Waals surface area contributed by atoms with Gasteiger partial charge in [-0.05, 0) is 35.4 Å². The lowest BCUT2D eigenvalue weighted by atomic mass is 10.2. The number of aryl methyl sites for hydroxylation is 1. The molecular formula is C16H11N3O6S2-2. The SMILES string of the molecule is Cn1c(=NNS(=O)(=O)c2ccc(C(=O)[O-])cc2)sc2cc(C(=O)[O-])ccc21. The lowest BCUT2D eigenvalue weighted by Crippen LogP contribution is -2.24. The summed E-state index contributed by atoms with van der Waals surface area (Å²) in [6, 6.07) is 8.86. The number of benzene rings is 2. The zero-order valence-corrected chi connectivity index (χ0v) is 15.3. The minimum Gasteiger partial charge on any atom is -0.545 e. The van der Waals surface area contributed by atoms with Crippen molar-refractivity contribution in [1.82, 2.24) is 9.40 Å². The Labute approximate surface area is 156 Å². The highest BCUT2D eigenvalue weighted by Crippen LogP contribution is 2.18. The topological polar surface area (TPSA) is 144 Å². The Morgan fingerprint density at radius 3 is 2.22 bits per heavy atom. The van der Waals surface area contributed by atoms with Gasteiger partial charge in [0.1, 0.15) is 0 Å². The van der Waals surface area contributed by atoms with Gasteiger partial charge in [0.15, 0.2) is 0 Å². The molecule has 0 radical (unpaired) electrons. The molecule has 11 heteroatoms. The normalized spacial score (nSPS) is 12.3. The van der Waals surface area contributed by atoms with E-state index in [0.717, 1.165) is 35.6 Å². The molecule has 140 valence electrons. The van der Waals surface area contributed by atoms with Crippen LogP contribution in [0, 0.1) is 0 Å². The number of aromatic nitrogens is 1. The van der Waals surface area contributed by atoms with Crippen molar-refractivity contribution in [2.75, 3.05) is 0 Å². The molecule has 0 aliphatic heterocycles. The molecule has 0 saturated carbocycles. The van der Waals surface area contributed by atoms with E-state index < -0.39 is 22.0 Å². The predicted molar refractivity (Wildman–Crippen MR) is 91.8 cm³/mol. The van der Waals surface area contributed by atoms with E-state index in [1.165, 1.54) is 12.1 Å². The summed E-state index contributed by atoms with van der Waals surface area (Å²) in [6.07, 6.45) is 0. The molecule has 0 spiro atoms. The van der Waals surface area contributed by atoms with Crippen LogP contribution in [0.1, 0.15) is 20.7 Å². The molecular weight excluding hydrogens is 394 g/mol. The van der Waals surface area contributed by atoms with Crippen molar-refractivity contribution in [3.8, 4) is 0 Å². The van der Waals surface area contributed by atoms with Crippen molar-refractivity contribution in [3.63, 3.8) is 0 Å². The number of nitrogens with zero attached hydrogens (tertiary/aromatic N) is 2. The van der Waals surface area contributed by atoms with Crippen molar-refractivity contribution in [1.29, 1.82) is 0 Å². The number of aromatic carboxylic acids is 2. The summed E-state index contributed by atoms with van der Waals surface area (Å²) in [5.74, 6) is -2.73. The number of carbonyl (C=O) groups excluding carboxylic acids is 2. The summed E-state index contributed by atoms with van der Waals surface area (Å²) in [5.41, 5.74) is 0.524. The zero-order valence-electron chi connectivity index (χ0n) is 13.7. The van der Waals surface area contributed by atoms with Crippen LogP contribution in [-0.2, 0) is 17.1 Å². The van der Waals surface area contributed by atoms with Crippen LogP contribution in [0.15, 0.2) is 52.5 Å². The number of fused-ring (bicyclic) bond motifs is 1. The number of thiazole rings is 1. The Bertz CT molecular complexity index is 1220. The number of hydrogen-bond donors (Lipinski definition) is 1. The van der Waals surface area contributed by atoms with Crippen LogP contribution in [0.4, 0.5) is 0 Å². The lowest BCUT2D eigenvalue weighted by molar-refractivity contribution is -0.256. The Balaban J connectivity index is 1.95. The molecule has 0 atom stereocenters. The van der Waals surface area contributed by atoms with E-state index in [1.54, 1.807) is 17.7 Å². The van der Waals surface area contributed by atoms with Gasteiger partial charge in [0.2, 0.25) is 4.80 Å². The van der Waals surface area contributed by atoms with Gasteiger partial charge >= 0.3 is 0 Å². The van der Waals surface area contributed by atoms with Crippen molar-refractivity contribution in [2.24, 2.45) is 12.1 Å². The minimum absolute atomic E-state index is 0.00416. The average Bonchev–Trinajstić information content (AvgIpc) is 2.95. The molecule has 1 N–H and O–H groups in total. The number of carbonyl (C=O) groups is 2. The number of nitrogens with one attached hydrogen (secondary N) is 1. The van der Waals surface area contributed by atoms with E-state index in [1.807, 2.05) is 0 Å². The fraction of sp³-hybridized carbons (Fsp3) is 0.0625. The van der Waals surface area contributed by atoms with E-state index >= 15 is 0 Å². The van der Waals surface area contributed by atoms with Gasteiger partial charge < -0.3 is 24.4 Å². The third-order valence-corrected chi connectivity index (χ3v) is 6.03.